The predicted octanol–water partition coefficient (Wildman–Crippen LogP) is 5.62. The van der Waals surface area contributed by atoms with Crippen LogP contribution >= 0.6 is 0 Å². The van der Waals surface area contributed by atoms with E-state index in [2.05, 4.69) is 31.4 Å². The summed E-state index contributed by atoms with van der Waals surface area (Å²) in [5, 5.41) is 10.6. The Balaban J connectivity index is 1.80. The molecule has 0 fully saturated rings. The number of urea groups is 1. The van der Waals surface area contributed by atoms with Crippen LogP contribution in [0.1, 0.15) is 45.9 Å². The molecule has 1 heterocycles. The Kier molecular flexibility index (Phi) is 8.40. The zero-order valence-electron chi connectivity index (χ0n) is 22.3. The zero-order valence-corrected chi connectivity index (χ0v) is 22.3. The number of amides is 3. The molecule has 3 amide bonds. The van der Waals surface area contributed by atoms with Gasteiger partial charge < -0.3 is 20.3 Å². The molecular weight excluding hydrogens is 454 g/mol. The van der Waals surface area contributed by atoms with Crippen LogP contribution in [0.15, 0.2) is 54.6 Å². The van der Waals surface area contributed by atoms with Crippen LogP contribution in [-0.2, 0) is 10.2 Å². The van der Waals surface area contributed by atoms with Crippen LogP contribution in [0.25, 0.3) is 5.69 Å². The normalized spacial score (nSPS) is 11.3. The van der Waals surface area contributed by atoms with E-state index in [1.165, 1.54) is 4.90 Å². The van der Waals surface area contributed by atoms with Gasteiger partial charge in [0.05, 0.1) is 18.5 Å². The minimum atomic E-state index is -0.341. The molecule has 0 spiro atoms. The first-order valence-electron chi connectivity index (χ1n) is 12.1. The average Bonchev–Trinajstić information content (AvgIpc) is 3.23. The van der Waals surface area contributed by atoms with E-state index in [9.17, 15) is 9.59 Å². The van der Waals surface area contributed by atoms with Gasteiger partial charge in [0, 0.05) is 23.7 Å². The minimum absolute atomic E-state index is 0.0932. The standard InChI is InChI=1S/C28H37N5O3/c1-19(2)17-32(27(35)29-21-11-13-23(36-7)14-12-21)18-26(34)30-25-16-24(28(4,5)6)31-33(25)22-10-8-9-20(3)15-22/h8-16,19H,17-18H2,1-7H3,(H,29,35)(H,30,34). The van der Waals surface area contributed by atoms with Crippen LogP contribution in [0.3, 0.4) is 0 Å². The van der Waals surface area contributed by atoms with Crippen LogP contribution < -0.4 is 15.4 Å². The molecule has 0 saturated heterocycles. The quantitative estimate of drug-likeness (QED) is 0.428. The van der Waals surface area contributed by atoms with Crippen molar-refractivity contribution in [2.75, 3.05) is 30.8 Å². The Morgan fingerprint density at radius 3 is 2.33 bits per heavy atom. The summed E-state index contributed by atoms with van der Waals surface area (Å²) < 4.78 is 6.92. The molecule has 0 aliphatic rings. The maximum atomic E-state index is 13.2. The maximum Gasteiger partial charge on any atom is 0.322 e. The zero-order chi connectivity index (χ0) is 26.5. The first-order valence-corrected chi connectivity index (χ1v) is 12.1. The van der Waals surface area contributed by atoms with Crippen molar-refractivity contribution in [3.8, 4) is 11.4 Å². The lowest BCUT2D eigenvalue weighted by Crippen LogP contribution is -2.42. The van der Waals surface area contributed by atoms with E-state index in [4.69, 9.17) is 9.84 Å². The highest BCUT2D eigenvalue weighted by molar-refractivity contribution is 5.96. The maximum absolute atomic E-state index is 13.2. The molecule has 2 N–H and O–H groups in total. The van der Waals surface area contributed by atoms with E-state index in [-0.39, 0.29) is 29.8 Å². The summed E-state index contributed by atoms with van der Waals surface area (Å²) in [6.45, 7) is 12.6. The molecular formula is C28H37N5O3. The van der Waals surface area contributed by atoms with Gasteiger partial charge in [-0.3, -0.25) is 4.79 Å². The van der Waals surface area contributed by atoms with Crippen molar-refractivity contribution in [2.24, 2.45) is 5.92 Å². The molecule has 3 rings (SSSR count). The third-order valence-electron chi connectivity index (χ3n) is 5.54. The summed E-state index contributed by atoms with van der Waals surface area (Å²) in [6.07, 6.45) is 0. The van der Waals surface area contributed by atoms with Crippen LogP contribution in [0.5, 0.6) is 5.75 Å². The second-order valence-electron chi connectivity index (χ2n) is 10.4. The lowest BCUT2D eigenvalue weighted by molar-refractivity contribution is -0.116. The van der Waals surface area contributed by atoms with E-state index >= 15 is 0 Å². The molecule has 1 aromatic heterocycles. The Morgan fingerprint density at radius 2 is 1.75 bits per heavy atom. The summed E-state index contributed by atoms with van der Waals surface area (Å²) in [5.41, 5.74) is 3.24. The fraction of sp³-hybridized carbons (Fsp3) is 0.393. The number of ether oxygens (including phenoxy) is 1. The second kappa shape index (κ2) is 11.3. The molecule has 0 atom stereocenters. The van der Waals surface area contributed by atoms with E-state index in [1.54, 1.807) is 36.1 Å². The van der Waals surface area contributed by atoms with Gasteiger partial charge in [-0.1, -0.05) is 46.8 Å². The number of carbonyl (C=O) groups is 2. The van der Waals surface area contributed by atoms with Gasteiger partial charge in [-0.2, -0.15) is 5.10 Å². The Hall–Kier alpha value is -3.81. The Labute approximate surface area is 213 Å². The smallest absolute Gasteiger partial charge is 0.322 e. The molecule has 192 valence electrons. The van der Waals surface area contributed by atoms with E-state index in [0.29, 0.717) is 23.8 Å². The molecule has 0 aliphatic carbocycles. The molecule has 8 heteroatoms. The van der Waals surface area contributed by atoms with Gasteiger partial charge in [0.1, 0.15) is 18.1 Å². The number of aryl methyl sites for hydroxylation is 1. The number of anilines is 2. The third-order valence-corrected chi connectivity index (χ3v) is 5.54. The summed E-state index contributed by atoms with van der Waals surface area (Å²) >= 11 is 0. The number of rotatable bonds is 8. The highest BCUT2D eigenvalue weighted by Crippen LogP contribution is 2.26. The van der Waals surface area contributed by atoms with Gasteiger partial charge in [0.2, 0.25) is 5.91 Å². The first kappa shape index (κ1) is 26.8. The summed E-state index contributed by atoms with van der Waals surface area (Å²) in [6, 6.07) is 16.6. The SMILES string of the molecule is COc1ccc(NC(=O)N(CC(=O)Nc2cc(C(C)(C)C)nn2-c2cccc(C)c2)CC(C)C)cc1. The molecule has 0 radical (unpaired) electrons. The topological polar surface area (TPSA) is 88.5 Å². The van der Waals surface area contributed by atoms with Gasteiger partial charge in [-0.05, 0) is 54.8 Å². The molecule has 8 nitrogen and oxygen atoms in total. The molecule has 2 aromatic carbocycles. The number of methoxy groups -OCH3 is 1. The second-order valence-corrected chi connectivity index (χ2v) is 10.4. The highest BCUT2D eigenvalue weighted by atomic mass is 16.5. The fourth-order valence-corrected chi connectivity index (χ4v) is 3.69. The lowest BCUT2D eigenvalue weighted by atomic mass is 9.92. The van der Waals surface area contributed by atoms with Gasteiger partial charge in [-0.25, -0.2) is 9.48 Å². The van der Waals surface area contributed by atoms with Crippen molar-refractivity contribution in [2.45, 2.75) is 47.0 Å². The number of nitrogens with one attached hydrogen (secondary N) is 2. The summed E-state index contributed by atoms with van der Waals surface area (Å²) in [4.78, 5) is 27.7. The van der Waals surface area contributed by atoms with Crippen molar-refractivity contribution >= 4 is 23.4 Å². The molecule has 0 unspecified atom stereocenters. The van der Waals surface area contributed by atoms with E-state index in [1.807, 2.05) is 51.1 Å². The number of nitrogens with zero attached hydrogens (tertiary/aromatic N) is 3. The van der Waals surface area contributed by atoms with E-state index < -0.39 is 0 Å². The number of aromatic nitrogens is 2. The van der Waals surface area contributed by atoms with Crippen molar-refractivity contribution < 1.29 is 14.3 Å². The van der Waals surface area contributed by atoms with Gasteiger partial charge >= 0.3 is 6.03 Å². The van der Waals surface area contributed by atoms with Crippen molar-refractivity contribution in [3.63, 3.8) is 0 Å². The number of benzene rings is 2. The Morgan fingerprint density at radius 1 is 1.06 bits per heavy atom. The lowest BCUT2D eigenvalue weighted by Gasteiger charge is -2.24. The number of hydrogen-bond donors (Lipinski definition) is 2. The molecule has 36 heavy (non-hydrogen) atoms. The molecule has 0 saturated carbocycles. The molecule has 3 aromatic rings. The third kappa shape index (κ3) is 7.10. The van der Waals surface area contributed by atoms with Crippen molar-refractivity contribution in [1.82, 2.24) is 14.7 Å². The summed E-state index contributed by atoms with van der Waals surface area (Å²) in [5.74, 6) is 1.15. The fourth-order valence-electron chi connectivity index (χ4n) is 3.69. The molecule has 0 aliphatic heterocycles. The number of carbonyl (C=O) groups excluding carboxylic acids is 2. The van der Waals surface area contributed by atoms with Crippen LogP contribution in [0.2, 0.25) is 0 Å². The van der Waals surface area contributed by atoms with E-state index in [0.717, 1.165) is 16.9 Å². The monoisotopic (exact) mass is 491 g/mol. The van der Waals surface area contributed by atoms with Crippen molar-refractivity contribution in [1.29, 1.82) is 0 Å². The largest absolute Gasteiger partial charge is 0.497 e. The average molecular weight is 492 g/mol. The highest BCUT2D eigenvalue weighted by Gasteiger charge is 2.23. The van der Waals surface area contributed by atoms with Crippen LogP contribution in [-0.4, -0.2) is 46.8 Å². The molecule has 0 bridgehead atoms. The van der Waals surface area contributed by atoms with Crippen molar-refractivity contribution in [3.05, 3.63) is 65.9 Å². The van der Waals surface area contributed by atoms with Gasteiger partial charge in [0.25, 0.3) is 0 Å². The minimum Gasteiger partial charge on any atom is -0.497 e. The van der Waals surface area contributed by atoms with Gasteiger partial charge in [0.15, 0.2) is 0 Å². The summed E-state index contributed by atoms with van der Waals surface area (Å²) in [7, 11) is 1.59. The van der Waals surface area contributed by atoms with Crippen LogP contribution in [0, 0.1) is 12.8 Å². The first-order chi connectivity index (χ1) is 17.0. The Bertz CT molecular complexity index is 1190. The van der Waals surface area contributed by atoms with Gasteiger partial charge in [-0.15, -0.1) is 0 Å². The predicted molar refractivity (Wildman–Crippen MR) is 144 cm³/mol. The van der Waals surface area contributed by atoms with Crippen LogP contribution in [0.4, 0.5) is 16.3 Å². The number of hydrogen-bond acceptors (Lipinski definition) is 4.